The van der Waals surface area contributed by atoms with Gasteiger partial charge in [-0.05, 0) is 6.42 Å². The molecule has 0 bridgehead atoms. The number of methoxy groups -OCH3 is 1. The lowest BCUT2D eigenvalue weighted by molar-refractivity contribution is -0.0221. The standard InChI is InChI=1S/C28H58O8/c1-3-4-5-6-7-8-9-10-11-12-13-14-30-17-18-32-21-22-34-25-26-36-28-27-35-24-23-33-20-19-31-16-15-29-2/h3-28H2,1-2H3. The van der Waals surface area contributed by atoms with E-state index in [-0.39, 0.29) is 0 Å². The van der Waals surface area contributed by atoms with E-state index < -0.39 is 0 Å². The zero-order valence-corrected chi connectivity index (χ0v) is 23.7. The summed E-state index contributed by atoms with van der Waals surface area (Å²) in [6.45, 7) is 11.2. The van der Waals surface area contributed by atoms with Crippen LogP contribution in [-0.4, -0.2) is 106 Å². The number of hydrogen-bond acceptors (Lipinski definition) is 8. The van der Waals surface area contributed by atoms with Crippen LogP contribution in [0.4, 0.5) is 0 Å². The smallest absolute Gasteiger partial charge is 0.0701 e. The first-order chi connectivity index (χ1) is 17.9. The van der Waals surface area contributed by atoms with Crippen LogP contribution in [0, 0.1) is 0 Å². The lowest BCUT2D eigenvalue weighted by atomic mass is 10.1. The minimum absolute atomic E-state index is 0.552. The van der Waals surface area contributed by atoms with Crippen LogP contribution in [-0.2, 0) is 37.9 Å². The van der Waals surface area contributed by atoms with Crippen molar-refractivity contribution in [2.75, 3.05) is 106 Å². The first kappa shape index (κ1) is 35.7. The predicted octanol–water partition coefficient (Wildman–Crippen LogP) is 5.06. The van der Waals surface area contributed by atoms with Gasteiger partial charge in [-0.1, -0.05) is 71.1 Å². The summed E-state index contributed by atoms with van der Waals surface area (Å²) in [5, 5.41) is 0. The third-order valence-electron chi connectivity index (χ3n) is 5.56. The fourth-order valence-electron chi connectivity index (χ4n) is 3.43. The highest BCUT2D eigenvalue weighted by Crippen LogP contribution is 2.11. The Labute approximate surface area is 222 Å². The van der Waals surface area contributed by atoms with E-state index in [1.54, 1.807) is 7.11 Å². The number of hydrogen-bond donors (Lipinski definition) is 0. The summed E-state index contributed by atoms with van der Waals surface area (Å²) < 4.78 is 43.2. The molecule has 0 aromatic carbocycles. The van der Waals surface area contributed by atoms with Crippen LogP contribution < -0.4 is 0 Å². The largest absolute Gasteiger partial charge is 0.382 e. The maximum Gasteiger partial charge on any atom is 0.0701 e. The van der Waals surface area contributed by atoms with Crippen LogP contribution in [0.3, 0.4) is 0 Å². The zero-order valence-electron chi connectivity index (χ0n) is 23.7. The van der Waals surface area contributed by atoms with Crippen molar-refractivity contribution in [1.29, 1.82) is 0 Å². The predicted molar refractivity (Wildman–Crippen MR) is 144 cm³/mol. The van der Waals surface area contributed by atoms with E-state index in [1.165, 1.54) is 64.2 Å². The number of unbranched alkanes of at least 4 members (excludes halogenated alkanes) is 10. The molecule has 0 saturated carbocycles. The van der Waals surface area contributed by atoms with Crippen LogP contribution in [0.5, 0.6) is 0 Å². The average molecular weight is 523 g/mol. The van der Waals surface area contributed by atoms with Gasteiger partial charge in [-0.25, -0.2) is 0 Å². The molecule has 0 N–H and O–H groups in total. The van der Waals surface area contributed by atoms with Gasteiger partial charge in [0, 0.05) is 13.7 Å². The van der Waals surface area contributed by atoms with Gasteiger partial charge in [-0.3, -0.25) is 0 Å². The van der Waals surface area contributed by atoms with Gasteiger partial charge in [0.15, 0.2) is 0 Å². The monoisotopic (exact) mass is 522 g/mol. The van der Waals surface area contributed by atoms with Gasteiger partial charge in [-0.2, -0.15) is 0 Å². The molecule has 0 rings (SSSR count). The Morgan fingerprint density at radius 3 is 0.833 bits per heavy atom. The molecule has 0 aliphatic carbocycles. The molecule has 0 heterocycles. The molecule has 0 atom stereocenters. The van der Waals surface area contributed by atoms with Crippen LogP contribution in [0.25, 0.3) is 0 Å². The molecule has 36 heavy (non-hydrogen) atoms. The molecule has 0 aromatic heterocycles. The zero-order chi connectivity index (χ0) is 26.0. The topological polar surface area (TPSA) is 73.8 Å². The average Bonchev–Trinajstić information content (AvgIpc) is 2.89. The van der Waals surface area contributed by atoms with E-state index >= 15 is 0 Å². The van der Waals surface area contributed by atoms with E-state index in [0.29, 0.717) is 92.5 Å². The van der Waals surface area contributed by atoms with Crippen LogP contribution >= 0.6 is 0 Å². The maximum atomic E-state index is 5.64. The molecule has 0 amide bonds. The SMILES string of the molecule is CCCCCCCCCCCCCOCCOCCOCCOCCOCCOCCOCCOC. The maximum absolute atomic E-state index is 5.64. The lowest BCUT2D eigenvalue weighted by Crippen LogP contribution is -2.14. The van der Waals surface area contributed by atoms with Gasteiger partial charge in [0.2, 0.25) is 0 Å². The summed E-state index contributed by atoms with van der Waals surface area (Å²) >= 11 is 0. The summed E-state index contributed by atoms with van der Waals surface area (Å²) in [5.41, 5.74) is 0. The molecule has 8 heteroatoms. The molecule has 0 aliphatic heterocycles. The van der Waals surface area contributed by atoms with Crippen LogP contribution in [0.2, 0.25) is 0 Å². The van der Waals surface area contributed by atoms with E-state index in [1.807, 2.05) is 0 Å². The van der Waals surface area contributed by atoms with Gasteiger partial charge >= 0.3 is 0 Å². The van der Waals surface area contributed by atoms with Gasteiger partial charge in [0.1, 0.15) is 0 Å². The van der Waals surface area contributed by atoms with Crippen molar-refractivity contribution in [3.05, 3.63) is 0 Å². The summed E-state index contributed by atoms with van der Waals surface area (Å²) in [5.74, 6) is 0. The quantitative estimate of drug-likeness (QED) is 0.111. The molecule has 218 valence electrons. The normalized spacial score (nSPS) is 11.5. The molecular formula is C28H58O8. The van der Waals surface area contributed by atoms with E-state index in [2.05, 4.69) is 6.92 Å². The fourth-order valence-corrected chi connectivity index (χ4v) is 3.43. The molecular weight excluding hydrogens is 464 g/mol. The molecule has 0 aromatic rings. The Bertz CT molecular complexity index is 339. The second kappa shape index (κ2) is 34.7. The third-order valence-corrected chi connectivity index (χ3v) is 5.56. The minimum atomic E-state index is 0.552. The molecule has 0 aliphatic rings. The van der Waals surface area contributed by atoms with E-state index in [9.17, 15) is 0 Å². The van der Waals surface area contributed by atoms with Gasteiger partial charge in [0.05, 0.1) is 92.5 Å². The Morgan fingerprint density at radius 1 is 0.278 bits per heavy atom. The van der Waals surface area contributed by atoms with Crippen LogP contribution in [0.1, 0.15) is 77.6 Å². The highest BCUT2D eigenvalue weighted by Gasteiger charge is 1.96. The fraction of sp³-hybridized carbons (Fsp3) is 1.00. The Hall–Kier alpha value is -0.320. The molecule has 0 radical (unpaired) electrons. The van der Waals surface area contributed by atoms with E-state index in [4.69, 9.17) is 37.9 Å². The second-order valence-electron chi connectivity index (χ2n) is 8.81. The van der Waals surface area contributed by atoms with E-state index in [0.717, 1.165) is 13.0 Å². The van der Waals surface area contributed by atoms with Gasteiger partial charge in [-0.15, -0.1) is 0 Å². The van der Waals surface area contributed by atoms with Crippen molar-refractivity contribution in [2.45, 2.75) is 77.6 Å². The molecule has 0 saturated heterocycles. The highest BCUT2D eigenvalue weighted by atomic mass is 16.6. The van der Waals surface area contributed by atoms with Crippen LogP contribution in [0.15, 0.2) is 0 Å². The summed E-state index contributed by atoms with van der Waals surface area (Å²) in [7, 11) is 1.65. The highest BCUT2D eigenvalue weighted by molar-refractivity contribution is 4.48. The van der Waals surface area contributed by atoms with Crippen molar-refractivity contribution < 1.29 is 37.9 Å². The van der Waals surface area contributed by atoms with Crippen molar-refractivity contribution in [1.82, 2.24) is 0 Å². The molecule has 0 fully saturated rings. The summed E-state index contributed by atoms with van der Waals surface area (Å²) in [6.07, 6.45) is 14.9. The third kappa shape index (κ3) is 33.7. The first-order valence-corrected chi connectivity index (χ1v) is 14.4. The number of ether oxygens (including phenoxy) is 8. The Kier molecular flexibility index (Phi) is 34.4. The summed E-state index contributed by atoms with van der Waals surface area (Å²) in [6, 6.07) is 0. The molecule has 8 nitrogen and oxygen atoms in total. The van der Waals surface area contributed by atoms with Crippen molar-refractivity contribution in [3.8, 4) is 0 Å². The first-order valence-electron chi connectivity index (χ1n) is 14.4. The van der Waals surface area contributed by atoms with Crippen molar-refractivity contribution in [2.24, 2.45) is 0 Å². The molecule has 0 spiro atoms. The van der Waals surface area contributed by atoms with Crippen molar-refractivity contribution in [3.63, 3.8) is 0 Å². The number of rotatable bonds is 33. The summed E-state index contributed by atoms with van der Waals surface area (Å²) in [4.78, 5) is 0. The van der Waals surface area contributed by atoms with Gasteiger partial charge in [0.25, 0.3) is 0 Å². The van der Waals surface area contributed by atoms with Crippen molar-refractivity contribution >= 4 is 0 Å². The van der Waals surface area contributed by atoms with Gasteiger partial charge < -0.3 is 37.9 Å². The Morgan fingerprint density at radius 2 is 0.528 bits per heavy atom. The minimum Gasteiger partial charge on any atom is -0.382 e. The molecule has 0 unspecified atom stereocenters. The Balaban J connectivity index is 3.00. The lowest BCUT2D eigenvalue weighted by Gasteiger charge is -2.08. The second-order valence-corrected chi connectivity index (χ2v) is 8.81.